The summed E-state index contributed by atoms with van der Waals surface area (Å²) in [5.41, 5.74) is 2.67. The van der Waals surface area contributed by atoms with Gasteiger partial charge in [0.25, 0.3) is 5.91 Å². The number of ether oxygens (including phenoxy) is 1. The zero-order valence-electron chi connectivity index (χ0n) is 15.8. The molecule has 6 heteroatoms. The van der Waals surface area contributed by atoms with Crippen LogP contribution >= 0.6 is 0 Å². The number of carbonyl (C=O) groups is 1. The second-order valence-electron chi connectivity index (χ2n) is 6.61. The first-order valence-corrected chi connectivity index (χ1v) is 9.31. The van der Waals surface area contributed by atoms with E-state index < -0.39 is 0 Å². The van der Waals surface area contributed by atoms with E-state index in [1.807, 2.05) is 53.4 Å². The smallest absolute Gasteiger partial charge is 0.257 e. The summed E-state index contributed by atoms with van der Waals surface area (Å²) in [5.74, 6) is 1.29. The Morgan fingerprint density at radius 2 is 1.61 bits per heavy atom. The topological polar surface area (TPSA) is 58.6 Å². The minimum Gasteiger partial charge on any atom is -0.496 e. The van der Waals surface area contributed by atoms with Gasteiger partial charge in [-0.25, -0.2) is 9.97 Å². The number of methoxy groups -OCH3 is 1. The molecule has 2 heterocycles. The Bertz CT molecular complexity index is 939. The molecule has 0 atom stereocenters. The molecule has 2 aromatic carbocycles. The molecule has 0 spiro atoms. The largest absolute Gasteiger partial charge is 0.496 e. The fourth-order valence-electron chi connectivity index (χ4n) is 3.42. The Morgan fingerprint density at radius 3 is 2.29 bits per heavy atom. The molecule has 1 aliphatic heterocycles. The maximum atomic E-state index is 13.2. The number of hydrogen-bond acceptors (Lipinski definition) is 5. The number of piperazine rings is 1. The SMILES string of the molecule is COc1ccc(-c2ccccc2)cc1C(=O)N1CCN(c2ncccn2)CC1. The van der Waals surface area contributed by atoms with Crippen LogP contribution in [0.15, 0.2) is 67.0 Å². The molecule has 3 aromatic rings. The molecule has 1 aromatic heterocycles. The van der Waals surface area contributed by atoms with E-state index in [4.69, 9.17) is 4.74 Å². The molecule has 0 aliphatic carbocycles. The molecule has 1 saturated heterocycles. The van der Waals surface area contributed by atoms with Crippen molar-refractivity contribution in [2.45, 2.75) is 0 Å². The van der Waals surface area contributed by atoms with Crippen molar-refractivity contribution in [2.75, 3.05) is 38.2 Å². The van der Waals surface area contributed by atoms with Crippen LogP contribution in [-0.2, 0) is 0 Å². The third-order valence-electron chi connectivity index (χ3n) is 4.94. The summed E-state index contributed by atoms with van der Waals surface area (Å²) in [7, 11) is 1.60. The number of nitrogens with zero attached hydrogens (tertiary/aromatic N) is 4. The molecule has 0 unspecified atom stereocenters. The Kier molecular flexibility index (Phi) is 5.19. The van der Waals surface area contributed by atoms with Crippen molar-refractivity contribution in [1.82, 2.24) is 14.9 Å². The third-order valence-corrected chi connectivity index (χ3v) is 4.94. The van der Waals surface area contributed by atoms with Crippen LogP contribution in [0.5, 0.6) is 5.75 Å². The lowest BCUT2D eigenvalue weighted by Crippen LogP contribution is -2.49. The fourth-order valence-corrected chi connectivity index (χ4v) is 3.42. The Balaban J connectivity index is 1.53. The van der Waals surface area contributed by atoms with Crippen LogP contribution in [0.1, 0.15) is 10.4 Å². The molecule has 6 nitrogen and oxygen atoms in total. The lowest BCUT2D eigenvalue weighted by Gasteiger charge is -2.35. The normalized spacial score (nSPS) is 14.0. The fraction of sp³-hybridized carbons (Fsp3) is 0.227. The summed E-state index contributed by atoms with van der Waals surface area (Å²) >= 11 is 0. The summed E-state index contributed by atoms with van der Waals surface area (Å²) in [6.07, 6.45) is 3.47. The van der Waals surface area contributed by atoms with Gasteiger partial charge < -0.3 is 14.5 Å². The number of benzene rings is 2. The molecular weight excluding hydrogens is 352 g/mol. The van der Waals surface area contributed by atoms with E-state index >= 15 is 0 Å². The number of carbonyl (C=O) groups excluding carboxylic acids is 1. The van der Waals surface area contributed by atoms with Gasteiger partial charge in [0.05, 0.1) is 12.7 Å². The Morgan fingerprint density at radius 1 is 0.893 bits per heavy atom. The van der Waals surface area contributed by atoms with E-state index in [9.17, 15) is 4.79 Å². The maximum absolute atomic E-state index is 13.2. The molecule has 0 bridgehead atoms. The number of aromatic nitrogens is 2. The summed E-state index contributed by atoms with van der Waals surface area (Å²) in [6.45, 7) is 2.65. The first kappa shape index (κ1) is 18.0. The van der Waals surface area contributed by atoms with Gasteiger partial charge in [0.2, 0.25) is 5.95 Å². The molecule has 1 aliphatic rings. The van der Waals surface area contributed by atoms with E-state index in [0.717, 1.165) is 11.1 Å². The van der Waals surface area contributed by atoms with Crippen molar-refractivity contribution in [3.8, 4) is 16.9 Å². The van der Waals surface area contributed by atoms with Crippen LogP contribution in [0, 0.1) is 0 Å². The molecule has 28 heavy (non-hydrogen) atoms. The summed E-state index contributed by atoms with van der Waals surface area (Å²) in [4.78, 5) is 25.8. The number of amides is 1. The molecule has 4 rings (SSSR count). The highest BCUT2D eigenvalue weighted by Crippen LogP contribution is 2.28. The van der Waals surface area contributed by atoms with Gasteiger partial charge >= 0.3 is 0 Å². The highest BCUT2D eigenvalue weighted by molar-refractivity contribution is 5.98. The van der Waals surface area contributed by atoms with Crippen LogP contribution in [0.3, 0.4) is 0 Å². The highest BCUT2D eigenvalue weighted by atomic mass is 16.5. The monoisotopic (exact) mass is 374 g/mol. The van der Waals surface area contributed by atoms with Gasteiger partial charge in [-0.2, -0.15) is 0 Å². The van der Waals surface area contributed by atoms with Crippen molar-refractivity contribution >= 4 is 11.9 Å². The number of anilines is 1. The standard InChI is InChI=1S/C22H22N4O2/c1-28-20-9-8-18(17-6-3-2-4-7-17)16-19(20)21(27)25-12-14-26(15-13-25)22-23-10-5-11-24-22/h2-11,16H,12-15H2,1H3. The Labute approximate surface area is 164 Å². The van der Waals surface area contributed by atoms with Gasteiger partial charge in [-0.05, 0) is 29.3 Å². The average Bonchev–Trinajstić information content (AvgIpc) is 2.79. The average molecular weight is 374 g/mol. The summed E-state index contributed by atoms with van der Waals surface area (Å²) < 4.78 is 5.46. The van der Waals surface area contributed by atoms with Gasteiger partial charge in [-0.3, -0.25) is 4.79 Å². The molecule has 0 saturated carbocycles. The zero-order chi connectivity index (χ0) is 19.3. The molecule has 0 radical (unpaired) electrons. The van der Waals surface area contributed by atoms with Crippen molar-refractivity contribution in [2.24, 2.45) is 0 Å². The predicted molar refractivity (Wildman–Crippen MR) is 109 cm³/mol. The van der Waals surface area contributed by atoms with E-state index in [1.54, 1.807) is 25.6 Å². The molecule has 0 N–H and O–H groups in total. The summed E-state index contributed by atoms with van der Waals surface area (Å²) in [5, 5.41) is 0. The lowest BCUT2D eigenvalue weighted by atomic mass is 10.0. The molecule has 1 amide bonds. The van der Waals surface area contributed by atoms with Crippen LogP contribution in [0.4, 0.5) is 5.95 Å². The molecular formula is C22H22N4O2. The predicted octanol–water partition coefficient (Wildman–Crippen LogP) is 3.11. The van der Waals surface area contributed by atoms with Gasteiger partial charge in [0, 0.05) is 38.6 Å². The lowest BCUT2D eigenvalue weighted by molar-refractivity contribution is 0.0743. The number of rotatable bonds is 4. The van der Waals surface area contributed by atoms with E-state index in [1.165, 1.54) is 0 Å². The molecule has 1 fully saturated rings. The van der Waals surface area contributed by atoms with Gasteiger partial charge in [0.15, 0.2) is 0 Å². The third kappa shape index (κ3) is 3.67. The second-order valence-corrected chi connectivity index (χ2v) is 6.61. The Hall–Kier alpha value is -3.41. The number of hydrogen-bond donors (Lipinski definition) is 0. The minimum atomic E-state index is -0.0109. The van der Waals surface area contributed by atoms with E-state index in [2.05, 4.69) is 14.9 Å². The molecule has 142 valence electrons. The second kappa shape index (κ2) is 8.08. The van der Waals surface area contributed by atoms with Crippen LogP contribution in [0.25, 0.3) is 11.1 Å². The van der Waals surface area contributed by atoms with E-state index in [-0.39, 0.29) is 5.91 Å². The van der Waals surface area contributed by atoms with Crippen LogP contribution in [0.2, 0.25) is 0 Å². The van der Waals surface area contributed by atoms with Crippen molar-refractivity contribution in [3.63, 3.8) is 0 Å². The van der Waals surface area contributed by atoms with E-state index in [0.29, 0.717) is 43.4 Å². The van der Waals surface area contributed by atoms with Gasteiger partial charge in [-0.15, -0.1) is 0 Å². The van der Waals surface area contributed by atoms with Crippen LogP contribution in [-0.4, -0.2) is 54.1 Å². The minimum absolute atomic E-state index is 0.0109. The summed E-state index contributed by atoms with van der Waals surface area (Å²) in [6, 6.07) is 17.6. The van der Waals surface area contributed by atoms with Gasteiger partial charge in [-0.1, -0.05) is 36.4 Å². The van der Waals surface area contributed by atoms with Gasteiger partial charge in [0.1, 0.15) is 5.75 Å². The first-order valence-electron chi connectivity index (χ1n) is 9.31. The highest BCUT2D eigenvalue weighted by Gasteiger charge is 2.25. The zero-order valence-corrected chi connectivity index (χ0v) is 15.8. The van der Waals surface area contributed by atoms with Crippen molar-refractivity contribution < 1.29 is 9.53 Å². The van der Waals surface area contributed by atoms with Crippen molar-refractivity contribution in [1.29, 1.82) is 0 Å². The first-order chi connectivity index (χ1) is 13.8. The van der Waals surface area contributed by atoms with Crippen molar-refractivity contribution in [3.05, 3.63) is 72.6 Å². The maximum Gasteiger partial charge on any atom is 0.257 e. The van der Waals surface area contributed by atoms with Crippen LogP contribution < -0.4 is 9.64 Å². The quantitative estimate of drug-likeness (QED) is 0.702.